The van der Waals surface area contributed by atoms with Gasteiger partial charge in [-0.15, -0.1) is 0 Å². The van der Waals surface area contributed by atoms with Gasteiger partial charge in [-0.1, -0.05) is 73.7 Å². The highest BCUT2D eigenvalue weighted by Crippen LogP contribution is 2.50. The quantitative estimate of drug-likeness (QED) is 0.0935. The topological polar surface area (TPSA) is 184 Å². The van der Waals surface area contributed by atoms with Crippen LogP contribution in [-0.2, 0) is 30.3 Å². The average Bonchev–Trinajstić information content (AvgIpc) is 4.18. The second-order valence-corrected chi connectivity index (χ2v) is 17.8. The van der Waals surface area contributed by atoms with Gasteiger partial charge in [0.25, 0.3) is 0 Å². The van der Waals surface area contributed by atoms with E-state index in [1.807, 2.05) is 48.2 Å². The molecule has 2 bridgehead atoms. The first kappa shape index (κ1) is 42.9. The van der Waals surface area contributed by atoms with Crippen molar-refractivity contribution in [3.8, 4) is 11.1 Å². The molecule has 3 fully saturated rings. The number of fused-ring (bicyclic) bond motifs is 8. The van der Waals surface area contributed by atoms with Gasteiger partial charge >= 0.3 is 12.2 Å². The summed E-state index contributed by atoms with van der Waals surface area (Å²) >= 11 is 0. The lowest BCUT2D eigenvalue weighted by molar-refractivity contribution is -0.140. The number of nitrogens with one attached hydrogen (secondary N) is 4. The molecule has 5 aromatic carbocycles. The maximum atomic E-state index is 14.5. The Bertz CT molecular complexity index is 2960. The minimum absolute atomic E-state index is 0.0369. The monoisotopic (exact) mass is 890 g/mol. The lowest BCUT2D eigenvalue weighted by Crippen LogP contribution is -2.55. The number of methoxy groups -OCH3 is 2. The van der Waals surface area contributed by atoms with E-state index in [4.69, 9.17) is 24.2 Å². The van der Waals surface area contributed by atoms with Crippen LogP contribution in [0.15, 0.2) is 91.0 Å². The number of rotatable bonds is 12. The fourth-order valence-electron chi connectivity index (χ4n) is 10.7. The molecule has 15 heteroatoms. The summed E-state index contributed by atoms with van der Waals surface area (Å²) in [4.78, 5) is 74.4. The number of piperidine rings is 1. The Labute approximate surface area is 381 Å². The van der Waals surface area contributed by atoms with E-state index in [1.165, 1.54) is 14.2 Å². The Morgan fingerprint density at radius 1 is 0.788 bits per heavy atom. The van der Waals surface area contributed by atoms with E-state index < -0.39 is 24.3 Å². The standard InChI is InChI=1S/C51H54N8O7/c1-4-22-58(48(60)42(56-50(62)64-2)29-8-6-5-7-9-29)28-41-52-39-18-13-33-25-31(11-16-37(33)44(39)54-41)32-12-17-38-34(26-32)14-19-40-45(38)55-47(53-40)46-35-10-15-36(27-35)59(46)49(61)43(57-51(63)65-3)30-20-23-66-24-21-30/h5-9,11-14,16-19,25-26,30,35-36,42-43,46H,4,10,15,20-24,27-28H2,1-3H3,(H,52,54)(H,53,55)(H,56,62)(H,57,63)/t35-,36+,42+,43-,46?/m0/s1. The van der Waals surface area contributed by atoms with Gasteiger partial charge in [-0.25, -0.2) is 19.6 Å². The zero-order chi connectivity index (χ0) is 45.5. The summed E-state index contributed by atoms with van der Waals surface area (Å²) in [7, 11) is 2.61. The van der Waals surface area contributed by atoms with Crippen LogP contribution in [-0.4, -0.2) is 99.8 Å². The van der Waals surface area contributed by atoms with E-state index in [9.17, 15) is 19.2 Å². The number of imidazole rings is 2. The molecule has 7 aromatic rings. The maximum absolute atomic E-state index is 14.5. The van der Waals surface area contributed by atoms with Gasteiger partial charge in [0.1, 0.15) is 23.7 Å². The van der Waals surface area contributed by atoms with Crippen molar-refractivity contribution in [2.45, 2.75) is 76.2 Å². The SMILES string of the molecule is CCCN(Cc1nc2c(ccc3cc(-c4ccc5c(ccc6[nH]c(C7[C@H]8CC[C@H](C8)N7C(=O)[C@@H](NC(=O)OC)C7CCOCC7)nc65)c4)ccc32)[nH]1)C(=O)[C@H](NC(=O)OC)c1ccccc1. The molecular weight excluding hydrogens is 837 g/mol. The number of ether oxygens (including phenoxy) is 3. The molecule has 2 aliphatic heterocycles. The Morgan fingerprint density at radius 3 is 2.11 bits per heavy atom. The van der Waals surface area contributed by atoms with Crippen LogP contribution < -0.4 is 10.6 Å². The van der Waals surface area contributed by atoms with Gasteiger partial charge < -0.3 is 44.6 Å². The molecule has 340 valence electrons. The number of hydrogen-bond acceptors (Lipinski definition) is 9. The fraction of sp³-hybridized carbons (Fsp3) is 0.373. The van der Waals surface area contributed by atoms with E-state index >= 15 is 0 Å². The third-order valence-corrected chi connectivity index (χ3v) is 13.9. The van der Waals surface area contributed by atoms with Gasteiger partial charge in [0.05, 0.1) is 48.9 Å². The molecule has 4 N–H and O–H groups in total. The van der Waals surface area contributed by atoms with Crippen LogP contribution >= 0.6 is 0 Å². The third-order valence-electron chi connectivity index (χ3n) is 13.9. The molecule has 1 saturated carbocycles. The number of aromatic amines is 2. The van der Waals surface area contributed by atoms with Crippen LogP contribution in [0.3, 0.4) is 0 Å². The van der Waals surface area contributed by atoms with E-state index in [2.05, 4.69) is 75.2 Å². The molecule has 5 atom stereocenters. The fourth-order valence-corrected chi connectivity index (χ4v) is 10.7. The van der Waals surface area contributed by atoms with Gasteiger partial charge in [-0.3, -0.25) is 9.59 Å². The predicted octanol–water partition coefficient (Wildman–Crippen LogP) is 8.45. The molecule has 1 aliphatic carbocycles. The van der Waals surface area contributed by atoms with Gasteiger partial charge in [0.2, 0.25) is 11.8 Å². The third kappa shape index (κ3) is 8.05. The summed E-state index contributed by atoms with van der Waals surface area (Å²) < 4.78 is 15.4. The van der Waals surface area contributed by atoms with Crippen molar-refractivity contribution in [3.05, 3.63) is 108 Å². The summed E-state index contributed by atoms with van der Waals surface area (Å²) in [6.07, 6.45) is 3.71. The van der Waals surface area contributed by atoms with Crippen molar-refractivity contribution in [2.75, 3.05) is 34.0 Å². The number of hydrogen-bond donors (Lipinski definition) is 4. The minimum atomic E-state index is -0.915. The zero-order valence-corrected chi connectivity index (χ0v) is 37.3. The van der Waals surface area contributed by atoms with E-state index in [1.54, 1.807) is 4.90 Å². The van der Waals surface area contributed by atoms with E-state index in [-0.39, 0.29) is 42.3 Å². The second kappa shape index (κ2) is 18.1. The van der Waals surface area contributed by atoms with Crippen LogP contribution in [0, 0.1) is 11.8 Å². The highest BCUT2D eigenvalue weighted by molar-refractivity contribution is 6.07. The summed E-state index contributed by atoms with van der Waals surface area (Å²) in [6, 6.07) is 28.6. The molecule has 2 aromatic heterocycles. The van der Waals surface area contributed by atoms with Crippen LogP contribution in [0.5, 0.6) is 0 Å². The number of aromatic nitrogens is 4. The van der Waals surface area contributed by atoms with Crippen LogP contribution in [0.1, 0.15) is 74.7 Å². The normalized spacial score (nSPS) is 19.3. The smallest absolute Gasteiger partial charge is 0.407 e. The number of nitrogens with zero attached hydrogens (tertiary/aromatic N) is 4. The average molecular weight is 891 g/mol. The number of benzene rings is 5. The van der Waals surface area contributed by atoms with Gasteiger partial charge in [-0.05, 0) is 102 Å². The molecule has 3 aliphatic rings. The van der Waals surface area contributed by atoms with Crippen molar-refractivity contribution < 1.29 is 33.4 Å². The lowest BCUT2D eigenvalue weighted by Gasteiger charge is -2.39. The number of amides is 4. The van der Waals surface area contributed by atoms with Crippen molar-refractivity contribution in [1.82, 2.24) is 40.4 Å². The highest BCUT2D eigenvalue weighted by atomic mass is 16.5. The molecule has 10 rings (SSSR count). The number of likely N-dealkylation sites (tertiary alicyclic amines) is 1. The zero-order valence-electron chi connectivity index (χ0n) is 37.3. The predicted molar refractivity (Wildman–Crippen MR) is 250 cm³/mol. The van der Waals surface area contributed by atoms with Crippen molar-refractivity contribution in [3.63, 3.8) is 0 Å². The van der Waals surface area contributed by atoms with Crippen LogP contribution in [0.4, 0.5) is 9.59 Å². The van der Waals surface area contributed by atoms with E-state index in [0.717, 1.165) is 86.2 Å². The number of alkyl carbamates (subject to hydrolysis) is 2. The summed E-state index contributed by atoms with van der Waals surface area (Å²) in [5, 5.41) is 9.70. The Kier molecular flexibility index (Phi) is 11.8. The Morgan fingerprint density at radius 2 is 1.44 bits per heavy atom. The van der Waals surface area contributed by atoms with Gasteiger partial charge in [0, 0.05) is 36.6 Å². The lowest BCUT2D eigenvalue weighted by atomic mass is 9.89. The molecule has 2 saturated heterocycles. The van der Waals surface area contributed by atoms with Crippen molar-refractivity contribution in [2.24, 2.45) is 11.8 Å². The first-order valence-corrected chi connectivity index (χ1v) is 23.0. The first-order valence-electron chi connectivity index (χ1n) is 23.0. The second-order valence-electron chi connectivity index (χ2n) is 17.8. The number of carbonyl (C=O) groups is 4. The van der Waals surface area contributed by atoms with Crippen molar-refractivity contribution >= 4 is 67.6 Å². The van der Waals surface area contributed by atoms with Crippen molar-refractivity contribution in [1.29, 1.82) is 0 Å². The Balaban J connectivity index is 0.906. The molecule has 15 nitrogen and oxygen atoms in total. The molecule has 66 heavy (non-hydrogen) atoms. The first-order chi connectivity index (χ1) is 32.2. The van der Waals surface area contributed by atoms with Crippen LogP contribution in [0.2, 0.25) is 0 Å². The van der Waals surface area contributed by atoms with Gasteiger partial charge in [-0.2, -0.15) is 0 Å². The van der Waals surface area contributed by atoms with Crippen LogP contribution in [0.25, 0.3) is 54.7 Å². The van der Waals surface area contributed by atoms with Gasteiger partial charge in [0.15, 0.2) is 0 Å². The number of carbonyl (C=O) groups excluding carboxylic acids is 4. The summed E-state index contributed by atoms with van der Waals surface area (Å²) in [5.41, 5.74) is 6.24. The highest BCUT2D eigenvalue weighted by Gasteiger charge is 2.52. The van der Waals surface area contributed by atoms with E-state index in [0.29, 0.717) is 44.0 Å². The molecule has 0 radical (unpaired) electrons. The molecule has 4 amide bonds. The molecule has 1 unspecified atom stereocenters. The largest absolute Gasteiger partial charge is 0.453 e. The summed E-state index contributed by atoms with van der Waals surface area (Å²) in [6.45, 7) is 3.84. The molecule has 0 spiro atoms. The number of H-pyrrole nitrogens is 2. The Hall–Kier alpha value is -7.00. The molecular formula is C51H54N8O7. The molecule has 4 heterocycles. The summed E-state index contributed by atoms with van der Waals surface area (Å²) in [5.74, 6) is 1.34. The minimum Gasteiger partial charge on any atom is -0.453 e. The maximum Gasteiger partial charge on any atom is 0.407 e.